The SMILES string of the molecule is CN1CCN(c2ccnc3cc(Br)cnc23)CC1=O. The van der Waals surface area contributed by atoms with E-state index in [0.717, 1.165) is 34.3 Å². The molecule has 98 valence electrons. The van der Waals surface area contributed by atoms with Crippen molar-refractivity contribution >= 4 is 38.6 Å². The number of piperazine rings is 1. The second-order valence-corrected chi connectivity index (χ2v) is 5.50. The minimum atomic E-state index is 0.133. The monoisotopic (exact) mass is 320 g/mol. The molecule has 0 aromatic carbocycles. The third-order valence-electron chi connectivity index (χ3n) is 3.32. The highest BCUT2D eigenvalue weighted by atomic mass is 79.9. The Hall–Kier alpha value is -1.69. The third kappa shape index (κ3) is 2.28. The summed E-state index contributed by atoms with van der Waals surface area (Å²) in [7, 11) is 1.83. The molecule has 5 nitrogen and oxygen atoms in total. The van der Waals surface area contributed by atoms with E-state index in [-0.39, 0.29) is 5.91 Å². The molecule has 1 saturated heterocycles. The Labute approximate surface area is 119 Å². The smallest absolute Gasteiger partial charge is 0.241 e. The second-order valence-electron chi connectivity index (χ2n) is 4.59. The second kappa shape index (κ2) is 4.77. The first-order valence-electron chi connectivity index (χ1n) is 6.04. The number of pyridine rings is 2. The normalized spacial score (nSPS) is 16.2. The van der Waals surface area contributed by atoms with Gasteiger partial charge in [-0.3, -0.25) is 14.8 Å². The van der Waals surface area contributed by atoms with Crippen molar-refractivity contribution in [2.24, 2.45) is 0 Å². The fourth-order valence-corrected chi connectivity index (χ4v) is 2.53. The van der Waals surface area contributed by atoms with Crippen LogP contribution in [0.15, 0.2) is 29.0 Å². The van der Waals surface area contributed by atoms with Crippen molar-refractivity contribution in [3.8, 4) is 0 Å². The van der Waals surface area contributed by atoms with E-state index >= 15 is 0 Å². The molecule has 2 aromatic rings. The molecule has 3 rings (SSSR count). The Morgan fingerprint density at radius 2 is 2.16 bits per heavy atom. The van der Waals surface area contributed by atoms with Crippen LogP contribution in [0.4, 0.5) is 5.69 Å². The first kappa shape index (κ1) is 12.3. The highest BCUT2D eigenvalue weighted by Gasteiger charge is 2.22. The highest BCUT2D eigenvalue weighted by Crippen LogP contribution is 2.26. The van der Waals surface area contributed by atoms with Gasteiger partial charge in [-0.1, -0.05) is 0 Å². The molecular formula is C13H13BrN4O. The van der Waals surface area contributed by atoms with Gasteiger partial charge in [0.1, 0.15) is 5.52 Å². The van der Waals surface area contributed by atoms with Gasteiger partial charge in [0.2, 0.25) is 5.91 Å². The van der Waals surface area contributed by atoms with Crippen molar-refractivity contribution < 1.29 is 4.79 Å². The summed E-state index contributed by atoms with van der Waals surface area (Å²) in [6.45, 7) is 1.95. The van der Waals surface area contributed by atoms with E-state index < -0.39 is 0 Å². The van der Waals surface area contributed by atoms with Crippen molar-refractivity contribution in [2.45, 2.75) is 0 Å². The molecular weight excluding hydrogens is 308 g/mol. The molecule has 0 saturated carbocycles. The van der Waals surface area contributed by atoms with Crippen LogP contribution < -0.4 is 4.90 Å². The maximum Gasteiger partial charge on any atom is 0.241 e. The molecule has 1 aliphatic heterocycles. The number of aromatic nitrogens is 2. The van der Waals surface area contributed by atoms with Crippen LogP contribution in [0.25, 0.3) is 11.0 Å². The lowest BCUT2D eigenvalue weighted by Crippen LogP contribution is -2.48. The Balaban J connectivity index is 2.03. The Kier molecular flexibility index (Phi) is 3.10. The van der Waals surface area contributed by atoms with Crippen molar-refractivity contribution in [3.05, 3.63) is 29.0 Å². The summed E-state index contributed by atoms with van der Waals surface area (Å²) in [6.07, 6.45) is 3.51. The Bertz CT molecular complexity index is 646. The van der Waals surface area contributed by atoms with Gasteiger partial charge < -0.3 is 9.80 Å². The van der Waals surface area contributed by atoms with E-state index in [2.05, 4.69) is 30.8 Å². The molecule has 1 fully saturated rings. The molecule has 0 spiro atoms. The number of carbonyl (C=O) groups excluding carboxylic acids is 1. The minimum absolute atomic E-state index is 0.133. The first-order chi connectivity index (χ1) is 9.15. The summed E-state index contributed by atoms with van der Waals surface area (Å²) in [5, 5.41) is 0. The molecule has 0 bridgehead atoms. The molecule has 6 heteroatoms. The number of rotatable bonds is 1. The van der Waals surface area contributed by atoms with E-state index in [0.29, 0.717) is 6.54 Å². The zero-order chi connectivity index (χ0) is 13.4. The van der Waals surface area contributed by atoms with Gasteiger partial charge in [-0.15, -0.1) is 0 Å². The van der Waals surface area contributed by atoms with E-state index in [1.807, 2.05) is 19.2 Å². The number of fused-ring (bicyclic) bond motifs is 1. The predicted molar refractivity (Wildman–Crippen MR) is 77.1 cm³/mol. The van der Waals surface area contributed by atoms with Crippen LogP contribution in [-0.4, -0.2) is 47.5 Å². The van der Waals surface area contributed by atoms with Crippen LogP contribution >= 0.6 is 15.9 Å². The zero-order valence-electron chi connectivity index (χ0n) is 10.5. The number of nitrogens with zero attached hydrogens (tertiary/aromatic N) is 4. The number of carbonyl (C=O) groups is 1. The average Bonchev–Trinajstić information content (AvgIpc) is 2.41. The predicted octanol–water partition coefficient (Wildman–Crippen LogP) is 1.67. The van der Waals surface area contributed by atoms with Gasteiger partial charge in [-0.2, -0.15) is 0 Å². The van der Waals surface area contributed by atoms with E-state index in [1.54, 1.807) is 17.3 Å². The average molecular weight is 321 g/mol. The molecule has 3 heterocycles. The van der Waals surface area contributed by atoms with Gasteiger partial charge >= 0.3 is 0 Å². The van der Waals surface area contributed by atoms with Gasteiger partial charge in [-0.25, -0.2) is 0 Å². The van der Waals surface area contributed by atoms with Crippen LogP contribution in [0.3, 0.4) is 0 Å². The number of likely N-dealkylation sites (N-methyl/N-ethyl adjacent to an activating group) is 1. The number of hydrogen-bond donors (Lipinski definition) is 0. The molecule has 0 atom stereocenters. The first-order valence-corrected chi connectivity index (χ1v) is 6.83. The summed E-state index contributed by atoms with van der Waals surface area (Å²) >= 11 is 3.39. The Morgan fingerprint density at radius 3 is 2.95 bits per heavy atom. The fourth-order valence-electron chi connectivity index (χ4n) is 2.21. The van der Waals surface area contributed by atoms with Crippen LogP contribution in [0.2, 0.25) is 0 Å². The summed E-state index contributed by atoms with van der Waals surface area (Å²) in [6, 6.07) is 3.85. The van der Waals surface area contributed by atoms with Crippen LogP contribution in [-0.2, 0) is 4.79 Å². The van der Waals surface area contributed by atoms with E-state index in [9.17, 15) is 4.79 Å². The van der Waals surface area contributed by atoms with Gasteiger partial charge in [-0.05, 0) is 28.1 Å². The number of hydrogen-bond acceptors (Lipinski definition) is 4. The summed E-state index contributed by atoms with van der Waals surface area (Å²) in [4.78, 5) is 24.4. The van der Waals surface area contributed by atoms with E-state index in [1.165, 1.54) is 0 Å². The molecule has 2 aromatic heterocycles. The van der Waals surface area contributed by atoms with Crippen molar-refractivity contribution in [3.63, 3.8) is 0 Å². The summed E-state index contributed by atoms with van der Waals surface area (Å²) in [5.41, 5.74) is 2.64. The molecule has 0 aliphatic carbocycles. The maximum absolute atomic E-state index is 11.8. The van der Waals surface area contributed by atoms with Crippen LogP contribution in [0, 0.1) is 0 Å². The lowest BCUT2D eigenvalue weighted by molar-refractivity contribution is -0.129. The molecule has 19 heavy (non-hydrogen) atoms. The fraction of sp³-hybridized carbons (Fsp3) is 0.308. The van der Waals surface area contributed by atoms with Crippen LogP contribution in [0.1, 0.15) is 0 Å². The quantitative estimate of drug-likeness (QED) is 0.802. The summed E-state index contributed by atoms with van der Waals surface area (Å²) < 4.78 is 0.902. The molecule has 0 unspecified atom stereocenters. The Morgan fingerprint density at radius 1 is 1.32 bits per heavy atom. The summed E-state index contributed by atoms with van der Waals surface area (Å²) in [5.74, 6) is 0.133. The van der Waals surface area contributed by atoms with Gasteiger partial charge in [0.15, 0.2) is 0 Å². The molecule has 1 amide bonds. The molecule has 1 aliphatic rings. The molecule has 0 radical (unpaired) electrons. The topological polar surface area (TPSA) is 49.3 Å². The zero-order valence-corrected chi connectivity index (χ0v) is 12.1. The number of halogens is 1. The largest absolute Gasteiger partial charge is 0.359 e. The lowest BCUT2D eigenvalue weighted by Gasteiger charge is -2.33. The number of anilines is 1. The third-order valence-corrected chi connectivity index (χ3v) is 3.75. The lowest BCUT2D eigenvalue weighted by atomic mass is 10.2. The van der Waals surface area contributed by atoms with Crippen molar-refractivity contribution in [1.29, 1.82) is 0 Å². The number of amides is 1. The van der Waals surface area contributed by atoms with Crippen molar-refractivity contribution in [1.82, 2.24) is 14.9 Å². The van der Waals surface area contributed by atoms with E-state index in [4.69, 9.17) is 0 Å². The highest BCUT2D eigenvalue weighted by molar-refractivity contribution is 9.10. The van der Waals surface area contributed by atoms with Crippen LogP contribution in [0.5, 0.6) is 0 Å². The van der Waals surface area contributed by atoms with Gasteiger partial charge in [0.05, 0.1) is 17.7 Å². The maximum atomic E-state index is 11.8. The van der Waals surface area contributed by atoms with Crippen molar-refractivity contribution in [2.75, 3.05) is 31.6 Å². The molecule has 0 N–H and O–H groups in total. The minimum Gasteiger partial charge on any atom is -0.359 e. The van der Waals surface area contributed by atoms with Gasteiger partial charge in [0.25, 0.3) is 0 Å². The standard InChI is InChI=1S/C13H13BrN4O/c1-17-4-5-18(8-12(17)19)11-2-3-15-10-6-9(14)7-16-13(10)11/h2-3,6-7H,4-5,8H2,1H3. The van der Waals surface area contributed by atoms with Gasteiger partial charge in [0, 0.05) is 37.0 Å².